The van der Waals surface area contributed by atoms with Crippen molar-refractivity contribution in [2.24, 2.45) is 5.73 Å². The van der Waals surface area contributed by atoms with Gasteiger partial charge in [0.25, 0.3) is 0 Å². The molecule has 0 radical (unpaired) electrons. The number of halogens is 1. The highest BCUT2D eigenvalue weighted by Gasteiger charge is 2.09. The van der Waals surface area contributed by atoms with Crippen LogP contribution < -0.4 is 11.1 Å². The summed E-state index contributed by atoms with van der Waals surface area (Å²) in [6.45, 7) is 0.432. The van der Waals surface area contributed by atoms with Crippen LogP contribution in [0.4, 0.5) is 5.69 Å². The van der Waals surface area contributed by atoms with Crippen molar-refractivity contribution in [2.75, 3.05) is 5.32 Å². The summed E-state index contributed by atoms with van der Waals surface area (Å²) in [5, 5.41) is 12.3. The number of primary amides is 1. The van der Waals surface area contributed by atoms with Crippen LogP contribution in [0.15, 0.2) is 42.5 Å². The molecule has 0 spiro atoms. The third-order valence-electron chi connectivity index (χ3n) is 2.90. The van der Waals surface area contributed by atoms with E-state index in [1.807, 2.05) is 6.07 Å². The molecule has 0 saturated carbocycles. The molecule has 0 bridgehead atoms. The van der Waals surface area contributed by atoms with Crippen LogP contribution in [0.5, 0.6) is 0 Å². The molecule has 1 amide bonds. The Kier molecular flexibility index (Phi) is 4.45. The number of benzene rings is 2. The summed E-state index contributed by atoms with van der Waals surface area (Å²) in [7, 11) is 0. The van der Waals surface area contributed by atoms with Gasteiger partial charge < -0.3 is 16.2 Å². The minimum absolute atomic E-state index is 0.0348. The number of carbonyl (C=O) groups is 2. The van der Waals surface area contributed by atoms with Gasteiger partial charge in [-0.25, -0.2) is 4.79 Å². The SMILES string of the molecule is NC(=O)c1cccc(CNc2ccc(Cl)c(C(=O)O)c2)c1. The Morgan fingerprint density at radius 3 is 2.62 bits per heavy atom. The Hall–Kier alpha value is -2.53. The van der Waals surface area contributed by atoms with E-state index < -0.39 is 11.9 Å². The molecule has 2 aromatic carbocycles. The highest BCUT2D eigenvalue weighted by molar-refractivity contribution is 6.33. The zero-order chi connectivity index (χ0) is 15.4. The van der Waals surface area contributed by atoms with Crippen molar-refractivity contribution in [3.63, 3.8) is 0 Å². The number of carboxylic acids is 1. The number of rotatable bonds is 5. The molecule has 6 heteroatoms. The van der Waals surface area contributed by atoms with Gasteiger partial charge in [0.2, 0.25) is 5.91 Å². The minimum Gasteiger partial charge on any atom is -0.478 e. The van der Waals surface area contributed by atoms with Gasteiger partial charge >= 0.3 is 5.97 Å². The first-order valence-electron chi connectivity index (χ1n) is 6.13. The molecule has 2 aromatic rings. The molecule has 4 N–H and O–H groups in total. The highest BCUT2D eigenvalue weighted by Crippen LogP contribution is 2.21. The van der Waals surface area contributed by atoms with Crippen LogP contribution in [0.1, 0.15) is 26.3 Å². The number of hydrogen-bond acceptors (Lipinski definition) is 3. The third-order valence-corrected chi connectivity index (χ3v) is 3.23. The van der Waals surface area contributed by atoms with Gasteiger partial charge in [-0.1, -0.05) is 23.7 Å². The second-order valence-electron chi connectivity index (χ2n) is 4.42. The predicted molar refractivity (Wildman–Crippen MR) is 80.7 cm³/mol. The lowest BCUT2D eigenvalue weighted by molar-refractivity contribution is 0.0697. The summed E-state index contributed by atoms with van der Waals surface area (Å²) in [4.78, 5) is 22.1. The monoisotopic (exact) mass is 304 g/mol. The molecular formula is C15H13ClN2O3. The van der Waals surface area contributed by atoms with Gasteiger partial charge in [0, 0.05) is 17.8 Å². The number of carbonyl (C=O) groups excluding carboxylic acids is 1. The summed E-state index contributed by atoms with van der Waals surface area (Å²) in [6.07, 6.45) is 0. The Bertz CT molecular complexity index is 701. The minimum atomic E-state index is -1.08. The molecule has 0 unspecified atom stereocenters. The summed E-state index contributed by atoms with van der Waals surface area (Å²) >= 11 is 5.80. The van der Waals surface area contributed by atoms with Crippen molar-refractivity contribution >= 4 is 29.2 Å². The summed E-state index contributed by atoms with van der Waals surface area (Å²) in [6, 6.07) is 11.6. The predicted octanol–water partition coefficient (Wildman–Crippen LogP) is 2.75. The van der Waals surface area contributed by atoms with Gasteiger partial charge in [0.05, 0.1) is 10.6 Å². The highest BCUT2D eigenvalue weighted by atomic mass is 35.5. The normalized spacial score (nSPS) is 10.1. The van der Waals surface area contributed by atoms with E-state index in [9.17, 15) is 9.59 Å². The fourth-order valence-corrected chi connectivity index (χ4v) is 2.04. The van der Waals surface area contributed by atoms with Crippen LogP contribution in [0.25, 0.3) is 0 Å². The zero-order valence-electron chi connectivity index (χ0n) is 11.0. The van der Waals surface area contributed by atoms with Crippen LogP contribution in [0.3, 0.4) is 0 Å². The molecule has 0 heterocycles. The van der Waals surface area contributed by atoms with E-state index >= 15 is 0 Å². The molecule has 0 saturated heterocycles. The smallest absolute Gasteiger partial charge is 0.337 e. The van der Waals surface area contributed by atoms with Gasteiger partial charge in [0.15, 0.2) is 0 Å². The van der Waals surface area contributed by atoms with Gasteiger partial charge in [-0.05, 0) is 35.9 Å². The Morgan fingerprint density at radius 1 is 1.19 bits per heavy atom. The molecular weight excluding hydrogens is 292 g/mol. The number of nitrogens with one attached hydrogen (secondary N) is 1. The Balaban J connectivity index is 2.13. The number of anilines is 1. The van der Waals surface area contributed by atoms with Crippen LogP contribution in [-0.2, 0) is 6.54 Å². The quantitative estimate of drug-likeness (QED) is 0.792. The fraction of sp³-hybridized carbons (Fsp3) is 0.0667. The lowest BCUT2D eigenvalue weighted by atomic mass is 10.1. The maximum atomic E-state index is 11.1. The number of carboxylic acid groups (broad SMARTS) is 1. The second kappa shape index (κ2) is 6.28. The first kappa shape index (κ1) is 14.9. The molecule has 0 aliphatic rings. The number of hydrogen-bond donors (Lipinski definition) is 3. The van der Waals surface area contributed by atoms with Gasteiger partial charge in [-0.2, -0.15) is 0 Å². The van der Waals surface area contributed by atoms with Crippen LogP contribution >= 0.6 is 11.6 Å². The zero-order valence-corrected chi connectivity index (χ0v) is 11.7. The van der Waals surface area contributed by atoms with Gasteiger partial charge in [0.1, 0.15) is 0 Å². The van der Waals surface area contributed by atoms with Gasteiger partial charge in [-0.15, -0.1) is 0 Å². The lowest BCUT2D eigenvalue weighted by Crippen LogP contribution is -2.11. The van der Waals surface area contributed by atoms with E-state index in [4.69, 9.17) is 22.4 Å². The standard InChI is InChI=1S/C15H13ClN2O3/c16-13-5-4-11(7-12(13)15(20)21)18-8-9-2-1-3-10(6-9)14(17)19/h1-7,18H,8H2,(H2,17,19)(H,20,21). The van der Waals surface area contributed by atoms with E-state index in [1.165, 1.54) is 12.1 Å². The van der Waals surface area contributed by atoms with Gasteiger partial charge in [-0.3, -0.25) is 4.79 Å². The van der Waals surface area contributed by atoms with E-state index in [1.54, 1.807) is 24.3 Å². The molecule has 108 valence electrons. The van der Waals surface area contributed by atoms with Crippen LogP contribution in [-0.4, -0.2) is 17.0 Å². The van der Waals surface area contributed by atoms with Crippen molar-refractivity contribution in [3.8, 4) is 0 Å². The first-order valence-corrected chi connectivity index (χ1v) is 6.50. The number of amides is 1. The fourth-order valence-electron chi connectivity index (χ4n) is 1.84. The molecule has 2 rings (SSSR count). The van der Waals surface area contributed by atoms with E-state index in [0.29, 0.717) is 17.8 Å². The maximum absolute atomic E-state index is 11.1. The Labute approximate surface area is 126 Å². The Morgan fingerprint density at radius 2 is 1.95 bits per heavy atom. The van der Waals surface area contributed by atoms with Crippen molar-refractivity contribution in [3.05, 3.63) is 64.2 Å². The number of nitrogens with two attached hydrogens (primary N) is 1. The average molecular weight is 305 g/mol. The van der Waals surface area contributed by atoms with Crippen molar-refractivity contribution < 1.29 is 14.7 Å². The molecule has 0 aliphatic carbocycles. The van der Waals surface area contributed by atoms with Crippen molar-refractivity contribution in [2.45, 2.75) is 6.54 Å². The van der Waals surface area contributed by atoms with Crippen LogP contribution in [0.2, 0.25) is 5.02 Å². The second-order valence-corrected chi connectivity index (χ2v) is 4.83. The molecule has 21 heavy (non-hydrogen) atoms. The molecule has 5 nitrogen and oxygen atoms in total. The van der Waals surface area contributed by atoms with E-state index in [2.05, 4.69) is 5.32 Å². The molecule has 0 aromatic heterocycles. The topological polar surface area (TPSA) is 92.4 Å². The molecule has 0 aliphatic heterocycles. The lowest BCUT2D eigenvalue weighted by Gasteiger charge is -2.09. The van der Waals surface area contributed by atoms with Crippen molar-refractivity contribution in [1.29, 1.82) is 0 Å². The summed E-state index contributed by atoms with van der Waals surface area (Å²) in [5.41, 5.74) is 7.17. The molecule has 0 atom stereocenters. The number of aromatic carboxylic acids is 1. The average Bonchev–Trinajstić information content (AvgIpc) is 2.46. The van der Waals surface area contributed by atoms with E-state index in [-0.39, 0.29) is 10.6 Å². The molecule has 0 fully saturated rings. The van der Waals surface area contributed by atoms with Crippen molar-refractivity contribution in [1.82, 2.24) is 0 Å². The van der Waals surface area contributed by atoms with Crippen LogP contribution in [0, 0.1) is 0 Å². The third kappa shape index (κ3) is 3.73. The summed E-state index contributed by atoms with van der Waals surface area (Å²) < 4.78 is 0. The maximum Gasteiger partial charge on any atom is 0.337 e. The summed E-state index contributed by atoms with van der Waals surface area (Å²) in [5.74, 6) is -1.57. The first-order chi connectivity index (χ1) is 9.97. The van der Waals surface area contributed by atoms with E-state index in [0.717, 1.165) is 5.56 Å². The largest absolute Gasteiger partial charge is 0.478 e.